The summed E-state index contributed by atoms with van der Waals surface area (Å²) in [6, 6.07) is 17.2. The molecule has 9 heteroatoms. The molecule has 3 heterocycles. The molecule has 2 aromatic carbocycles. The summed E-state index contributed by atoms with van der Waals surface area (Å²) in [5.74, 6) is 2.61. The lowest BCUT2D eigenvalue weighted by Crippen LogP contribution is -2.36. The van der Waals surface area contributed by atoms with Crippen LogP contribution in [0.25, 0.3) is 17.3 Å². The van der Waals surface area contributed by atoms with Gasteiger partial charge < -0.3 is 19.0 Å². The third kappa shape index (κ3) is 3.84. The second-order valence-electron chi connectivity index (χ2n) is 7.79. The third-order valence-corrected chi connectivity index (χ3v) is 6.18. The minimum Gasteiger partial charge on any atom is -0.496 e. The van der Waals surface area contributed by atoms with Crippen LogP contribution in [0.15, 0.2) is 65.3 Å². The van der Waals surface area contributed by atoms with Gasteiger partial charge >= 0.3 is 0 Å². The summed E-state index contributed by atoms with van der Waals surface area (Å²) in [4.78, 5) is 2.08. The molecule has 0 spiro atoms. The Balaban J connectivity index is 1.53. The van der Waals surface area contributed by atoms with Crippen molar-refractivity contribution < 1.29 is 19.0 Å². The number of fused-ring (bicyclic) bond motifs is 1. The van der Waals surface area contributed by atoms with Crippen LogP contribution in [0.2, 0.25) is 0 Å². The normalized spacial score (nSPS) is 15.9. The zero-order chi connectivity index (χ0) is 22.9. The van der Waals surface area contributed by atoms with E-state index in [1.165, 1.54) is 0 Å². The number of furan rings is 1. The van der Waals surface area contributed by atoms with Crippen molar-refractivity contribution in [2.24, 2.45) is 0 Å². The highest BCUT2D eigenvalue weighted by atomic mass is 32.1. The molecule has 1 N–H and O–H groups in total. The van der Waals surface area contributed by atoms with Gasteiger partial charge in [0.15, 0.2) is 5.76 Å². The van der Waals surface area contributed by atoms with E-state index in [9.17, 15) is 5.11 Å². The summed E-state index contributed by atoms with van der Waals surface area (Å²) >= 11 is 5.82. The van der Waals surface area contributed by atoms with Crippen molar-refractivity contribution in [2.75, 3.05) is 20.8 Å². The molecule has 8 nitrogen and oxygen atoms in total. The van der Waals surface area contributed by atoms with Gasteiger partial charge in [0.25, 0.3) is 0 Å². The second-order valence-corrected chi connectivity index (χ2v) is 8.15. The van der Waals surface area contributed by atoms with E-state index < -0.39 is 6.10 Å². The lowest BCUT2D eigenvalue weighted by molar-refractivity contribution is 0.0670. The van der Waals surface area contributed by atoms with E-state index >= 15 is 0 Å². The van der Waals surface area contributed by atoms with Crippen LogP contribution in [0.1, 0.15) is 17.2 Å². The molecule has 0 aliphatic carbocycles. The number of rotatable bonds is 6. The molecule has 2 aromatic heterocycles. The van der Waals surface area contributed by atoms with Gasteiger partial charge in [-0.2, -0.15) is 0 Å². The molecule has 4 aromatic rings. The molecule has 0 fully saturated rings. The topological polar surface area (TPSA) is 77.8 Å². The van der Waals surface area contributed by atoms with Crippen molar-refractivity contribution in [3.05, 3.63) is 76.8 Å². The smallest absolute Gasteiger partial charge is 0.204 e. The van der Waals surface area contributed by atoms with Crippen molar-refractivity contribution >= 4 is 12.2 Å². The first-order valence-electron chi connectivity index (χ1n) is 10.5. The number of β-amino-alcohol motifs (C(OH)–C–C–N with tert-alkyl or cyclic N) is 1. The fraction of sp³-hybridized carbons (Fsp3) is 0.250. The Bertz CT molecular complexity index is 1310. The highest BCUT2D eigenvalue weighted by molar-refractivity contribution is 7.71. The summed E-state index contributed by atoms with van der Waals surface area (Å²) in [5.41, 5.74) is 2.56. The summed E-state index contributed by atoms with van der Waals surface area (Å²) in [5, 5.41) is 15.7. The van der Waals surface area contributed by atoms with Gasteiger partial charge in [0, 0.05) is 24.2 Å². The number of benzene rings is 2. The maximum atomic E-state index is 10.9. The fourth-order valence-corrected chi connectivity index (χ4v) is 4.61. The number of methoxy groups -OCH3 is 2. The average molecular weight is 465 g/mol. The lowest BCUT2D eigenvalue weighted by Gasteiger charge is -2.33. The molecular formula is C24H24N4O4S. The molecule has 1 unspecified atom stereocenters. The van der Waals surface area contributed by atoms with Crippen molar-refractivity contribution in [2.45, 2.75) is 19.3 Å². The van der Waals surface area contributed by atoms with Crippen LogP contribution in [0.4, 0.5) is 0 Å². The SMILES string of the molecule is COc1ccc(OC)c2c1CN(Cn1nc(-c3ccco3)n(-c3ccccc3)c1=S)CC2O. The average Bonchev–Trinajstić information content (AvgIpc) is 3.47. The predicted molar refractivity (Wildman–Crippen MR) is 125 cm³/mol. The van der Waals surface area contributed by atoms with E-state index in [0.717, 1.165) is 16.8 Å². The predicted octanol–water partition coefficient (Wildman–Crippen LogP) is 4.19. The van der Waals surface area contributed by atoms with E-state index in [0.29, 0.717) is 47.6 Å². The Hall–Kier alpha value is -3.40. The molecule has 0 bridgehead atoms. The minimum absolute atomic E-state index is 0.392. The molecule has 5 rings (SSSR count). The van der Waals surface area contributed by atoms with Crippen LogP contribution >= 0.6 is 12.2 Å². The van der Waals surface area contributed by atoms with Crippen LogP contribution < -0.4 is 9.47 Å². The number of para-hydroxylation sites is 1. The highest BCUT2D eigenvalue weighted by Gasteiger charge is 2.30. The summed E-state index contributed by atoms with van der Waals surface area (Å²) in [6.45, 7) is 1.36. The standard InChI is InChI=1S/C24H24N4O4S/c1-30-19-10-11-20(31-2)22-17(19)13-26(14-18(22)29)15-27-24(33)28(16-7-4-3-5-8-16)23(25-27)21-9-6-12-32-21/h3-12,18,29H,13-15H2,1-2H3. The maximum Gasteiger partial charge on any atom is 0.204 e. The van der Waals surface area contributed by atoms with E-state index in [-0.39, 0.29) is 0 Å². The number of aromatic nitrogens is 3. The molecule has 0 saturated heterocycles. The van der Waals surface area contributed by atoms with Gasteiger partial charge in [-0.05, 0) is 48.6 Å². The largest absolute Gasteiger partial charge is 0.496 e. The first-order valence-corrected chi connectivity index (χ1v) is 10.9. The van der Waals surface area contributed by atoms with Crippen molar-refractivity contribution in [1.29, 1.82) is 0 Å². The first kappa shape index (κ1) is 21.4. The molecule has 1 aliphatic rings. The second kappa shape index (κ2) is 8.86. The van der Waals surface area contributed by atoms with Gasteiger partial charge in [0.1, 0.15) is 11.5 Å². The third-order valence-electron chi connectivity index (χ3n) is 5.79. The number of hydrogen-bond acceptors (Lipinski definition) is 7. The van der Waals surface area contributed by atoms with Gasteiger partial charge in [-0.1, -0.05) is 18.2 Å². The molecule has 33 heavy (non-hydrogen) atoms. The molecule has 0 amide bonds. The van der Waals surface area contributed by atoms with Gasteiger partial charge in [0.2, 0.25) is 10.6 Å². The summed E-state index contributed by atoms with van der Waals surface area (Å²) in [6.07, 6.45) is 0.887. The van der Waals surface area contributed by atoms with Crippen LogP contribution in [0.3, 0.4) is 0 Å². The van der Waals surface area contributed by atoms with Gasteiger partial charge in [-0.25, -0.2) is 4.68 Å². The van der Waals surface area contributed by atoms with Gasteiger partial charge in [-0.3, -0.25) is 9.47 Å². The summed E-state index contributed by atoms with van der Waals surface area (Å²) < 4.78 is 20.9. The van der Waals surface area contributed by atoms with Crippen LogP contribution in [-0.4, -0.2) is 45.1 Å². The first-order chi connectivity index (χ1) is 16.1. The maximum absolute atomic E-state index is 10.9. The Morgan fingerprint density at radius 3 is 2.52 bits per heavy atom. The molecule has 0 radical (unpaired) electrons. The Morgan fingerprint density at radius 1 is 1.06 bits per heavy atom. The van der Waals surface area contributed by atoms with Crippen molar-refractivity contribution in [1.82, 2.24) is 19.2 Å². The molecule has 0 saturated carbocycles. The molecule has 1 aliphatic heterocycles. The summed E-state index contributed by atoms with van der Waals surface area (Å²) in [7, 11) is 3.23. The van der Waals surface area contributed by atoms with Crippen LogP contribution in [0.5, 0.6) is 11.5 Å². The van der Waals surface area contributed by atoms with Gasteiger partial charge in [-0.15, -0.1) is 5.10 Å². The molecule has 170 valence electrons. The van der Waals surface area contributed by atoms with E-state index in [4.69, 9.17) is 31.2 Å². The number of aliphatic hydroxyl groups excluding tert-OH is 1. The zero-order valence-corrected chi connectivity index (χ0v) is 19.2. The zero-order valence-electron chi connectivity index (χ0n) is 18.3. The fourth-order valence-electron chi connectivity index (χ4n) is 4.32. The number of nitrogens with zero attached hydrogens (tertiary/aromatic N) is 4. The van der Waals surface area contributed by atoms with Crippen LogP contribution in [-0.2, 0) is 13.2 Å². The lowest BCUT2D eigenvalue weighted by atomic mass is 9.95. The Morgan fingerprint density at radius 2 is 1.82 bits per heavy atom. The van der Waals surface area contributed by atoms with E-state index in [1.807, 2.05) is 59.2 Å². The monoisotopic (exact) mass is 464 g/mol. The number of ether oxygens (including phenoxy) is 2. The molecular weight excluding hydrogens is 440 g/mol. The van der Waals surface area contributed by atoms with Gasteiger partial charge in [0.05, 0.1) is 38.9 Å². The number of aliphatic hydroxyl groups is 1. The van der Waals surface area contributed by atoms with E-state index in [2.05, 4.69) is 4.90 Å². The quantitative estimate of drug-likeness (QED) is 0.429. The molecule has 1 atom stereocenters. The Kier molecular flexibility index (Phi) is 5.76. The number of hydrogen-bond donors (Lipinski definition) is 1. The highest BCUT2D eigenvalue weighted by Crippen LogP contribution is 2.39. The van der Waals surface area contributed by atoms with Crippen molar-refractivity contribution in [3.8, 4) is 28.8 Å². The van der Waals surface area contributed by atoms with E-state index in [1.54, 1.807) is 25.2 Å². The Labute approximate surface area is 196 Å². The van der Waals surface area contributed by atoms with Crippen LogP contribution in [0, 0.1) is 4.77 Å². The van der Waals surface area contributed by atoms with Crippen molar-refractivity contribution in [3.63, 3.8) is 0 Å². The minimum atomic E-state index is -0.728.